The molecular formula is C18H17F3N4. The molecule has 7 heteroatoms. The summed E-state index contributed by atoms with van der Waals surface area (Å²) in [5, 5.41) is 0. The van der Waals surface area contributed by atoms with E-state index in [0.717, 1.165) is 23.5 Å². The maximum Gasteiger partial charge on any atom is 0.416 e. The minimum atomic E-state index is -4.38. The molecule has 0 atom stereocenters. The van der Waals surface area contributed by atoms with Crippen LogP contribution in [0.3, 0.4) is 0 Å². The molecule has 4 nitrogen and oxygen atoms in total. The van der Waals surface area contributed by atoms with Crippen LogP contribution in [0, 0.1) is 0 Å². The van der Waals surface area contributed by atoms with Gasteiger partial charge in [0.1, 0.15) is 11.6 Å². The van der Waals surface area contributed by atoms with Crippen LogP contribution in [-0.2, 0) is 19.3 Å². The van der Waals surface area contributed by atoms with Gasteiger partial charge in [0.25, 0.3) is 0 Å². The van der Waals surface area contributed by atoms with Gasteiger partial charge in [-0.1, -0.05) is 30.3 Å². The zero-order valence-electron chi connectivity index (χ0n) is 13.6. The van der Waals surface area contributed by atoms with Crippen LogP contribution in [0.2, 0.25) is 0 Å². The molecule has 0 aliphatic rings. The molecule has 0 bridgehead atoms. The van der Waals surface area contributed by atoms with E-state index in [1.807, 2.05) is 41.1 Å². The Hall–Kier alpha value is -2.83. The van der Waals surface area contributed by atoms with Gasteiger partial charge in [-0.3, -0.25) is 0 Å². The molecule has 0 unspecified atom stereocenters. The molecule has 0 aliphatic heterocycles. The summed E-state index contributed by atoms with van der Waals surface area (Å²) in [6, 6.07) is 11.9. The summed E-state index contributed by atoms with van der Waals surface area (Å²) in [5.74, 6) is 1.01. The molecule has 0 spiro atoms. The lowest BCUT2D eigenvalue weighted by Gasteiger charge is -2.19. The monoisotopic (exact) mass is 346 g/mol. The van der Waals surface area contributed by atoms with E-state index in [9.17, 15) is 13.2 Å². The number of benzene rings is 1. The van der Waals surface area contributed by atoms with Crippen molar-refractivity contribution in [1.82, 2.24) is 14.5 Å². The van der Waals surface area contributed by atoms with Gasteiger partial charge in [-0.25, -0.2) is 9.97 Å². The zero-order valence-corrected chi connectivity index (χ0v) is 13.6. The van der Waals surface area contributed by atoms with Crippen molar-refractivity contribution >= 4 is 5.82 Å². The van der Waals surface area contributed by atoms with Crippen molar-refractivity contribution in [2.24, 2.45) is 0 Å². The highest BCUT2D eigenvalue weighted by atomic mass is 19.4. The quantitative estimate of drug-likeness (QED) is 0.701. The van der Waals surface area contributed by atoms with E-state index >= 15 is 0 Å². The molecule has 0 saturated carbocycles. The van der Waals surface area contributed by atoms with Crippen molar-refractivity contribution in [1.29, 1.82) is 0 Å². The van der Waals surface area contributed by atoms with Crippen LogP contribution in [0.25, 0.3) is 0 Å². The Morgan fingerprint density at radius 1 is 1.04 bits per heavy atom. The summed E-state index contributed by atoms with van der Waals surface area (Å²) in [4.78, 5) is 10.0. The van der Waals surface area contributed by atoms with Crippen LogP contribution in [0.4, 0.5) is 19.0 Å². The van der Waals surface area contributed by atoms with Gasteiger partial charge in [0.2, 0.25) is 0 Å². The predicted octanol–water partition coefficient (Wildman–Crippen LogP) is 3.98. The second-order valence-electron chi connectivity index (χ2n) is 5.71. The van der Waals surface area contributed by atoms with Crippen molar-refractivity contribution in [3.05, 3.63) is 78.0 Å². The number of hydrogen-bond acceptors (Lipinski definition) is 3. The molecule has 25 heavy (non-hydrogen) atoms. The van der Waals surface area contributed by atoms with Crippen LogP contribution in [0.1, 0.15) is 17.0 Å². The standard InChI is InChI=1S/C18H17F3N4/c1-24(16-11-15(7-8-22-16)18(19,20)21)13-17-23-9-10-25(17)12-14-5-3-2-4-6-14/h2-11H,12-13H2,1H3. The van der Waals surface area contributed by atoms with Gasteiger partial charge in [-0.15, -0.1) is 0 Å². The lowest BCUT2D eigenvalue weighted by molar-refractivity contribution is -0.137. The molecule has 1 aromatic carbocycles. The number of anilines is 1. The third-order valence-corrected chi connectivity index (χ3v) is 3.84. The van der Waals surface area contributed by atoms with Crippen molar-refractivity contribution < 1.29 is 13.2 Å². The molecular weight excluding hydrogens is 329 g/mol. The smallest absolute Gasteiger partial charge is 0.352 e. The number of aromatic nitrogens is 3. The van der Waals surface area contributed by atoms with Crippen molar-refractivity contribution in [3.63, 3.8) is 0 Å². The first-order valence-electron chi connectivity index (χ1n) is 7.72. The molecule has 2 aromatic heterocycles. The third kappa shape index (κ3) is 4.17. The minimum absolute atomic E-state index is 0.254. The Morgan fingerprint density at radius 3 is 2.52 bits per heavy atom. The van der Waals surface area contributed by atoms with Gasteiger partial charge in [0.15, 0.2) is 0 Å². The van der Waals surface area contributed by atoms with E-state index in [-0.39, 0.29) is 5.82 Å². The van der Waals surface area contributed by atoms with Crippen molar-refractivity contribution in [2.45, 2.75) is 19.3 Å². The molecule has 0 fully saturated rings. The van der Waals surface area contributed by atoms with Crippen LogP contribution in [-0.4, -0.2) is 21.6 Å². The number of nitrogens with zero attached hydrogens (tertiary/aromatic N) is 4. The summed E-state index contributed by atoms with van der Waals surface area (Å²) in [6.45, 7) is 1.01. The maximum absolute atomic E-state index is 12.9. The average molecular weight is 346 g/mol. The predicted molar refractivity (Wildman–Crippen MR) is 89.1 cm³/mol. The second kappa shape index (κ2) is 6.96. The maximum atomic E-state index is 12.9. The summed E-state index contributed by atoms with van der Waals surface area (Å²) in [5.41, 5.74) is 0.415. The highest BCUT2D eigenvalue weighted by Gasteiger charge is 2.31. The van der Waals surface area contributed by atoms with Crippen molar-refractivity contribution in [3.8, 4) is 0 Å². The van der Waals surface area contributed by atoms with Crippen LogP contribution < -0.4 is 4.90 Å². The fraction of sp³-hybridized carbons (Fsp3) is 0.222. The van der Waals surface area contributed by atoms with E-state index < -0.39 is 11.7 Å². The van der Waals surface area contributed by atoms with Crippen molar-refractivity contribution in [2.75, 3.05) is 11.9 Å². The van der Waals surface area contributed by atoms with Gasteiger partial charge in [-0.2, -0.15) is 13.2 Å². The molecule has 0 amide bonds. The molecule has 0 N–H and O–H groups in total. The first kappa shape index (κ1) is 17.0. The van der Waals surface area contributed by atoms with Gasteiger partial charge >= 0.3 is 6.18 Å². The van der Waals surface area contributed by atoms with Gasteiger partial charge < -0.3 is 9.47 Å². The molecule has 0 radical (unpaired) electrons. The van der Waals surface area contributed by atoms with E-state index in [1.165, 1.54) is 6.20 Å². The lowest BCUT2D eigenvalue weighted by Crippen LogP contribution is -2.21. The fourth-order valence-corrected chi connectivity index (χ4v) is 2.51. The molecule has 2 heterocycles. The third-order valence-electron chi connectivity index (χ3n) is 3.84. The highest BCUT2D eigenvalue weighted by Crippen LogP contribution is 2.30. The minimum Gasteiger partial charge on any atom is -0.352 e. The highest BCUT2D eigenvalue weighted by molar-refractivity contribution is 5.41. The van der Waals surface area contributed by atoms with Gasteiger partial charge in [-0.05, 0) is 17.7 Å². The normalized spacial score (nSPS) is 11.5. The van der Waals surface area contributed by atoms with E-state index in [2.05, 4.69) is 9.97 Å². The average Bonchev–Trinajstić information content (AvgIpc) is 3.02. The molecule has 0 saturated heterocycles. The van der Waals surface area contributed by atoms with E-state index in [1.54, 1.807) is 18.1 Å². The second-order valence-corrected chi connectivity index (χ2v) is 5.71. The topological polar surface area (TPSA) is 34.0 Å². The first-order chi connectivity index (χ1) is 11.9. The largest absolute Gasteiger partial charge is 0.416 e. The number of rotatable bonds is 5. The summed E-state index contributed by atoms with van der Waals surface area (Å²) < 4.78 is 40.5. The Bertz CT molecular complexity index is 828. The van der Waals surface area contributed by atoms with Crippen LogP contribution >= 0.6 is 0 Å². The van der Waals surface area contributed by atoms with Crippen LogP contribution in [0.5, 0.6) is 0 Å². The number of imidazole rings is 1. The Labute approximate surface area is 143 Å². The number of pyridine rings is 1. The number of alkyl halides is 3. The van der Waals surface area contributed by atoms with E-state index in [4.69, 9.17) is 0 Å². The number of halogens is 3. The van der Waals surface area contributed by atoms with Gasteiger partial charge in [0, 0.05) is 32.2 Å². The molecule has 3 rings (SSSR count). The van der Waals surface area contributed by atoms with Crippen LogP contribution in [0.15, 0.2) is 61.1 Å². The zero-order chi connectivity index (χ0) is 17.9. The first-order valence-corrected chi connectivity index (χ1v) is 7.72. The van der Waals surface area contributed by atoms with E-state index in [0.29, 0.717) is 13.1 Å². The Balaban J connectivity index is 1.76. The molecule has 0 aliphatic carbocycles. The molecule has 130 valence electrons. The fourth-order valence-electron chi connectivity index (χ4n) is 2.51. The summed E-state index contributed by atoms with van der Waals surface area (Å²) >= 11 is 0. The number of hydrogen-bond donors (Lipinski definition) is 0. The van der Waals surface area contributed by atoms with Gasteiger partial charge in [0.05, 0.1) is 12.1 Å². The summed E-state index contributed by atoms with van der Waals surface area (Å²) in [6.07, 6.45) is 0.330. The summed E-state index contributed by atoms with van der Waals surface area (Å²) in [7, 11) is 1.70. The SMILES string of the molecule is CN(Cc1nccn1Cc1ccccc1)c1cc(C(F)(F)F)ccn1. The molecule has 3 aromatic rings. The Kier molecular flexibility index (Phi) is 4.74. The Morgan fingerprint density at radius 2 is 1.80 bits per heavy atom. The lowest BCUT2D eigenvalue weighted by atomic mass is 10.2.